The molecular weight excluding hydrogens is 305 g/mol. The maximum Gasteiger partial charge on any atom is 0.416 e. The number of hydrogen-bond donors (Lipinski definition) is 2. The van der Waals surface area contributed by atoms with E-state index in [0.717, 1.165) is 31.7 Å². The van der Waals surface area contributed by atoms with Gasteiger partial charge in [-0.3, -0.25) is 4.79 Å². The van der Waals surface area contributed by atoms with E-state index < -0.39 is 22.7 Å². The molecule has 1 amide bonds. The summed E-state index contributed by atoms with van der Waals surface area (Å²) in [5, 5.41) is 2.82. The van der Waals surface area contributed by atoms with Crippen molar-refractivity contribution in [3.05, 3.63) is 35.4 Å². The van der Waals surface area contributed by atoms with E-state index in [1.165, 1.54) is 12.1 Å². The van der Waals surface area contributed by atoms with Crippen molar-refractivity contribution in [2.24, 2.45) is 5.73 Å². The van der Waals surface area contributed by atoms with Gasteiger partial charge in [-0.2, -0.15) is 13.2 Å². The van der Waals surface area contributed by atoms with Crippen molar-refractivity contribution < 1.29 is 18.0 Å². The van der Waals surface area contributed by atoms with Crippen molar-refractivity contribution in [1.29, 1.82) is 0 Å². The molecule has 3 nitrogen and oxygen atoms in total. The van der Waals surface area contributed by atoms with Crippen LogP contribution >= 0.6 is 0 Å². The van der Waals surface area contributed by atoms with Gasteiger partial charge in [0.25, 0.3) is 0 Å². The molecule has 0 aliphatic heterocycles. The number of nitrogens with two attached hydrogens (primary N) is 1. The summed E-state index contributed by atoms with van der Waals surface area (Å²) in [4.78, 5) is 12.0. The zero-order valence-corrected chi connectivity index (χ0v) is 13.5. The zero-order chi connectivity index (χ0) is 17.3. The summed E-state index contributed by atoms with van der Waals surface area (Å²) >= 11 is 0. The smallest absolute Gasteiger partial charge is 0.354 e. The molecule has 0 bridgehead atoms. The Morgan fingerprint density at radius 3 is 2.39 bits per heavy atom. The molecule has 1 aromatic rings. The van der Waals surface area contributed by atoms with Crippen LogP contribution in [-0.2, 0) is 16.4 Å². The SMILES string of the molecule is CC(C)(N)C(=O)NCC1(c2cccc(C(F)(F)F)c2)CCCC1. The topological polar surface area (TPSA) is 55.1 Å². The van der Waals surface area contributed by atoms with E-state index in [-0.39, 0.29) is 5.91 Å². The molecule has 1 aliphatic rings. The number of halogens is 3. The molecule has 6 heteroatoms. The third-order valence-corrected chi connectivity index (χ3v) is 4.54. The molecule has 1 saturated carbocycles. The normalized spacial score (nSPS) is 18.0. The highest BCUT2D eigenvalue weighted by Crippen LogP contribution is 2.42. The van der Waals surface area contributed by atoms with E-state index in [2.05, 4.69) is 5.32 Å². The van der Waals surface area contributed by atoms with Gasteiger partial charge in [0.05, 0.1) is 11.1 Å². The van der Waals surface area contributed by atoms with Gasteiger partial charge < -0.3 is 11.1 Å². The molecule has 1 fully saturated rings. The molecule has 1 aromatic carbocycles. The Bertz CT molecular complexity index is 570. The van der Waals surface area contributed by atoms with Gasteiger partial charge in [-0.05, 0) is 38.3 Å². The number of nitrogens with one attached hydrogen (secondary N) is 1. The fraction of sp³-hybridized carbons (Fsp3) is 0.588. The third kappa shape index (κ3) is 4.05. The number of rotatable bonds is 4. The van der Waals surface area contributed by atoms with Crippen LogP contribution in [0.15, 0.2) is 24.3 Å². The molecule has 0 radical (unpaired) electrons. The van der Waals surface area contributed by atoms with Crippen LogP contribution < -0.4 is 11.1 Å². The molecule has 0 aromatic heterocycles. The van der Waals surface area contributed by atoms with Crippen LogP contribution in [0.1, 0.15) is 50.7 Å². The minimum atomic E-state index is -4.36. The van der Waals surface area contributed by atoms with Crippen LogP contribution in [0.4, 0.5) is 13.2 Å². The van der Waals surface area contributed by atoms with Crippen LogP contribution in [0.25, 0.3) is 0 Å². The van der Waals surface area contributed by atoms with Gasteiger partial charge in [-0.1, -0.05) is 31.0 Å². The van der Waals surface area contributed by atoms with Crippen molar-refractivity contribution in [3.8, 4) is 0 Å². The maximum atomic E-state index is 13.0. The molecule has 0 saturated heterocycles. The maximum absolute atomic E-state index is 13.0. The third-order valence-electron chi connectivity index (χ3n) is 4.54. The lowest BCUT2D eigenvalue weighted by atomic mass is 9.78. The largest absolute Gasteiger partial charge is 0.416 e. The van der Waals surface area contributed by atoms with E-state index in [1.807, 2.05) is 0 Å². The molecule has 23 heavy (non-hydrogen) atoms. The summed E-state index contributed by atoms with van der Waals surface area (Å²) in [6.45, 7) is 3.52. The van der Waals surface area contributed by atoms with Crippen LogP contribution in [-0.4, -0.2) is 18.0 Å². The molecule has 128 valence electrons. The van der Waals surface area contributed by atoms with Crippen molar-refractivity contribution in [3.63, 3.8) is 0 Å². The Kier molecular flexibility index (Phi) is 4.76. The average Bonchev–Trinajstić information content (AvgIpc) is 2.93. The van der Waals surface area contributed by atoms with Gasteiger partial charge in [-0.25, -0.2) is 0 Å². The molecule has 0 spiro atoms. The molecule has 0 heterocycles. The summed E-state index contributed by atoms with van der Waals surface area (Å²) in [6, 6.07) is 5.45. The number of alkyl halides is 3. The Hall–Kier alpha value is -1.56. The Morgan fingerprint density at radius 1 is 1.26 bits per heavy atom. The van der Waals surface area contributed by atoms with Crippen molar-refractivity contribution in [2.45, 2.75) is 56.7 Å². The molecule has 2 rings (SSSR count). The fourth-order valence-corrected chi connectivity index (χ4v) is 3.12. The van der Waals surface area contributed by atoms with Gasteiger partial charge in [0.15, 0.2) is 0 Å². The standard InChI is InChI=1S/C17H23F3N2O/c1-15(2,21)14(23)22-11-16(8-3-4-9-16)12-6-5-7-13(10-12)17(18,19)20/h5-7,10H,3-4,8-9,11,21H2,1-2H3,(H,22,23). The van der Waals surface area contributed by atoms with Crippen LogP contribution in [0.3, 0.4) is 0 Å². The van der Waals surface area contributed by atoms with Gasteiger partial charge in [0.2, 0.25) is 5.91 Å². The average molecular weight is 328 g/mol. The predicted octanol–water partition coefficient (Wildman–Crippen LogP) is 3.37. The predicted molar refractivity (Wildman–Crippen MR) is 82.9 cm³/mol. The van der Waals surface area contributed by atoms with E-state index in [4.69, 9.17) is 5.73 Å². The number of amides is 1. The summed E-state index contributed by atoms with van der Waals surface area (Å²) in [7, 11) is 0. The molecular formula is C17H23F3N2O. The second-order valence-corrected chi connectivity index (χ2v) is 6.97. The lowest BCUT2D eigenvalue weighted by molar-refractivity contribution is -0.137. The van der Waals surface area contributed by atoms with Crippen molar-refractivity contribution >= 4 is 5.91 Å². The lowest BCUT2D eigenvalue weighted by Crippen LogP contribution is -2.52. The number of benzene rings is 1. The second-order valence-electron chi connectivity index (χ2n) is 6.97. The minimum absolute atomic E-state index is 0.296. The highest BCUT2D eigenvalue weighted by Gasteiger charge is 2.39. The first-order valence-corrected chi connectivity index (χ1v) is 7.80. The van der Waals surface area contributed by atoms with Crippen molar-refractivity contribution in [2.75, 3.05) is 6.54 Å². The van der Waals surface area contributed by atoms with Crippen LogP contribution in [0.5, 0.6) is 0 Å². The summed E-state index contributed by atoms with van der Waals surface area (Å²) in [5.41, 5.74) is 4.31. The van der Waals surface area contributed by atoms with Crippen LogP contribution in [0.2, 0.25) is 0 Å². The Balaban J connectivity index is 2.26. The highest BCUT2D eigenvalue weighted by molar-refractivity contribution is 5.85. The first-order valence-electron chi connectivity index (χ1n) is 7.80. The van der Waals surface area contributed by atoms with Gasteiger partial charge in [0, 0.05) is 12.0 Å². The minimum Gasteiger partial charge on any atom is -0.354 e. The van der Waals surface area contributed by atoms with E-state index in [1.54, 1.807) is 19.9 Å². The second kappa shape index (κ2) is 6.15. The summed E-state index contributed by atoms with van der Waals surface area (Å²) < 4.78 is 38.9. The monoisotopic (exact) mass is 328 g/mol. The van der Waals surface area contributed by atoms with Crippen molar-refractivity contribution in [1.82, 2.24) is 5.32 Å². The van der Waals surface area contributed by atoms with E-state index in [9.17, 15) is 18.0 Å². The van der Waals surface area contributed by atoms with Crippen LogP contribution in [0, 0.1) is 0 Å². The van der Waals surface area contributed by atoms with E-state index >= 15 is 0 Å². The fourth-order valence-electron chi connectivity index (χ4n) is 3.12. The molecule has 0 unspecified atom stereocenters. The number of hydrogen-bond acceptors (Lipinski definition) is 2. The van der Waals surface area contributed by atoms with Gasteiger partial charge >= 0.3 is 6.18 Å². The summed E-state index contributed by atoms with van der Waals surface area (Å²) in [6.07, 6.45) is -0.951. The Morgan fingerprint density at radius 2 is 1.87 bits per heavy atom. The number of carbonyl (C=O) groups excluding carboxylic acids is 1. The first-order chi connectivity index (χ1) is 10.5. The van der Waals surface area contributed by atoms with Gasteiger partial charge in [-0.15, -0.1) is 0 Å². The Labute approximate surface area is 134 Å². The zero-order valence-electron chi connectivity index (χ0n) is 13.5. The molecule has 1 aliphatic carbocycles. The quantitative estimate of drug-likeness (QED) is 0.890. The molecule has 3 N–H and O–H groups in total. The lowest BCUT2D eigenvalue weighted by Gasteiger charge is -2.32. The highest BCUT2D eigenvalue weighted by atomic mass is 19.4. The first kappa shape index (κ1) is 17.8. The van der Waals surface area contributed by atoms with E-state index in [0.29, 0.717) is 12.1 Å². The summed E-state index contributed by atoms with van der Waals surface area (Å²) in [5.74, 6) is -0.296. The molecule has 0 atom stereocenters. The van der Waals surface area contributed by atoms with Gasteiger partial charge in [0.1, 0.15) is 0 Å². The number of carbonyl (C=O) groups is 1.